The van der Waals surface area contributed by atoms with Crippen molar-refractivity contribution in [3.8, 4) is 11.5 Å². The van der Waals surface area contributed by atoms with Crippen molar-refractivity contribution in [3.05, 3.63) is 29.8 Å². The second-order valence-electron chi connectivity index (χ2n) is 5.87. The van der Waals surface area contributed by atoms with Crippen molar-refractivity contribution in [2.24, 2.45) is 5.73 Å². The molecule has 0 saturated carbocycles. The number of rotatable bonds is 6. The van der Waals surface area contributed by atoms with E-state index in [1.165, 1.54) is 0 Å². The Morgan fingerprint density at radius 2 is 2.04 bits per heavy atom. The molecule has 1 atom stereocenters. The first-order valence-electron chi connectivity index (χ1n) is 8.29. The second-order valence-corrected chi connectivity index (χ2v) is 5.87. The third-order valence-electron chi connectivity index (χ3n) is 4.25. The number of benzene rings is 1. The molecule has 1 aromatic carbocycles. The minimum absolute atomic E-state index is 0.0243. The highest BCUT2D eigenvalue weighted by Gasteiger charge is 2.25. The van der Waals surface area contributed by atoms with Gasteiger partial charge in [-0.15, -0.1) is 0 Å². The number of piperidine rings is 1. The van der Waals surface area contributed by atoms with E-state index in [0.29, 0.717) is 24.6 Å². The van der Waals surface area contributed by atoms with Gasteiger partial charge in [0.05, 0.1) is 14.2 Å². The molecule has 25 heavy (non-hydrogen) atoms. The smallest absolute Gasteiger partial charge is 0.312 e. The van der Waals surface area contributed by atoms with Gasteiger partial charge in [0.1, 0.15) is 0 Å². The van der Waals surface area contributed by atoms with Gasteiger partial charge in [-0.2, -0.15) is 0 Å². The summed E-state index contributed by atoms with van der Waals surface area (Å²) in [4.78, 5) is 25.2. The lowest BCUT2D eigenvalue weighted by Crippen LogP contribution is -2.49. The summed E-state index contributed by atoms with van der Waals surface area (Å²) in [7, 11) is 3.15. The van der Waals surface area contributed by atoms with Gasteiger partial charge < -0.3 is 25.4 Å². The number of primary amides is 1. The minimum Gasteiger partial charge on any atom is -0.493 e. The molecule has 1 fully saturated rings. The van der Waals surface area contributed by atoms with Crippen LogP contribution in [0.3, 0.4) is 0 Å². The van der Waals surface area contributed by atoms with Crippen LogP contribution < -0.4 is 20.5 Å². The van der Waals surface area contributed by atoms with Crippen molar-refractivity contribution in [3.63, 3.8) is 0 Å². The summed E-state index contributed by atoms with van der Waals surface area (Å²) in [5, 5.41) is 2.59. The number of nitrogens with zero attached hydrogens (tertiary/aromatic N) is 1. The first-order valence-corrected chi connectivity index (χ1v) is 8.29. The van der Waals surface area contributed by atoms with Gasteiger partial charge in [-0.3, -0.25) is 4.79 Å². The molecule has 1 saturated heterocycles. The molecule has 1 heterocycles. The zero-order valence-corrected chi connectivity index (χ0v) is 14.7. The van der Waals surface area contributed by atoms with Crippen molar-refractivity contribution in [2.75, 3.05) is 27.3 Å². The Bertz CT molecular complexity index is 645. The zero-order valence-electron chi connectivity index (χ0n) is 14.7. The van der Waals surface area contributed by atoms with Crippen LogP contribution in [0.25, 0.3) is 6.08 Å². The lowest BCUT2D eigenvalue weighted by atomic mass is 10.0. The van der Waals surface area contributed by atoms with Crippen molar-refractivity contribution in [2.45, 2.75) is 25.3 Å². The second kappa shape index (κ2) is 8.96. The normalized spacial score (nSPS) is 17.4. The van der Waals surface area contributed by atoms with Crippen molar-refractivity contribution in [1.82, 2.24) is 10.2 Å². The SMILES string of the molecule is COc1ccc(C=CC(=O)N2CCCCC2CNC(N)=O)cc1OC. The van der Waals surface area contributed by atoms with Crippen LogP contribution >= 0.6 is 0 Å². The summed E-state index contributed by atoms with van der Waals surface area (Å²) in [5.74, 6) is 1.17. The van der Waals surface area contributed by atoms with E-state index in [9.17, 15) is 9.59 Å². The summed E-state index contributed by atoms with van der Waals surface area (Å²) < 4.78 is 10.5. The molecule has 0 aromatic heterocycles. The number of nitrogens with one attached hydrogen (secondary N) is 1. The van der Waals surface area contributed by atoms with Crippen LogP contribution in [0.15, 0.2) is 24.3 Å². The number of amides is 3. The number of hydrogen-bond donors (Lipinski definition) is 2. The summed E-state index contributed by atoms with van der Waals surface area (Å²) in [6.45, 7) is 1.06. The van der Waals surface area contributed by atoms with Gasteiger partial charge in [0.2, 0.25) is 5.91 Å². The summed E-state index contributed by atoms with van der Waals surface area (Å²) in [5.41, 5.74) is 5.97. The number of urea groups is 1. The van der Waals surface area contributed by atoms with E-state index in [2.05, 4.69) is 5.32 Å². The first kappa shape index (κ1) is 18.6. The molecule has 0 spiro atoms. The quantitative estimate of drug-likeness (QED) is 0.767. The standard InChI is InChI=1S/C18H25N3O4/c1-24-15-8-6-13(11-16(15)25-2)7-9-17(22)21-10-4-3-5-14(21)12-20-18(19)23/h6-9,11,14H,3-5,10,12H2,1-2H3,(H3,19,20,23). The molecule has 1 aliphatic rings. The third-order valence-corrected chi connectivity index (χ3v) is 4.25. The molecule has 0 radical (unpaired) electrons. The lowest BCUT2D eigenvalue weighted by Gasteiger charge is -2.35. The van der Waals surface area contributed by atoms with Crippen LogP contribution in [-0.4, -0.2) is 50.2 Å². The van der Waals surface area contributed by atoms with Crippen molar-refractivity contribution < 1.29 is 19.1 Å². The third kappa shape index (κ3) is 5.14. The Hall–Kier alpha value is -2.70. The van der Waals surface area contributed by atoms with E-state index < -0.39 is 6.03 Å². The summed E-state index contributed by atoms with van der Waals surface area (Å²) in [6, 6.07) is 4.87. The molecule has 136 valence electrons. The molecule has 3 amide bonds. The number of hydrogen-bond acceptors (Lipinski definition) is 4. The van der Waals surface area contributed by atoms with E-state index in [4.69, 9.17) is 15.2 Å². The number of carbonyl (C=O) groups is 2. The number of likely N-dealkylation sites (tertiary alicyclic amines) is 1. The molecule has 7 heteroatoms. The molecule has 1 aromatic rings. The molecule has 0 bridgehead atoms. The summed E-state index contributed by atoms with van der Waals surface area (Å²) >= 11 is 0. The zero-order chi connectivity index (χ0) is 18.2. The topological polar surface area (TPSA) is 93.9 Å². The van der Waals surface area contributed by atoms with Gasteiger partial charge in [0, 0.05) is 25.2 Å². The monoisotopic (exact) mass is 347 g/mol. The maximum absolute atomic E-state index is 12.5. The van der Waals surface area contributed by atoms with Crippen LogP contribution in [0.1, 0.15) is 24.8 Å². The largest absolute Gasteiger partial charge is 0.493 e. The van der Waals surface area contributed by atoms with Gasteiger partial charge in [-0.25, -0.2) is 4.79 Å². The van der Waals surface area contributed by atoms with E-state index in [-0.39, 0.29) is 11.9 Å². The average molecular weight is 347 g/mol. The number of ether oxygens (including phenoxy) is 2. The van der Waals surface area contributed by atoms with E-state index in [1.807, 2.05) is 12.1 Å². The highest BCUT2D eigenvalue weighted by atomic mass is 16.5. The number of carbonyl (C=O) groups excluding carboxylic acids is 2. The minimum atomic E-state index is -0.571. The maximum atomic E-state index is 12.5. The first-order chi connectivity index (χ1) is 12.0. The fourth-order valence-electron chi connectivity index (χ4n) is 2.94. The van der Waals surface area contributed by atoms with E-state index >= 15 is 0 Å². The van der Waals surface area contributed by atoms with Gasteiger partial charge in [-0.1, -0.05) is 6.07 Å². The molecular weight excluding hydrogens is 322 g/mol. The van der Waals surface area contributed by atoms with Crippen LogP contribution in [0.5, 0.6) is 11.5 Å². The van der Waals surface area contributed by atoms with Gasteiger partial charge in [-0.05, 0) is 43.0 Å². The predicted octanol–water partition coefficient (Wildman–Crippen LogP) is 1.77. The Morgan fingerprint density at radius 1 is 1.28 bits per heavy atom. The Kier molecular flexibility index (Phi) is 6.68. The van der Waals surface area contributed by atoms with Crippen LogP contribution in [0, 0.1) is 0 Å². The number of methoxy groups -OCH3 is 2. The van der Waals surface area contributed by atoms with E-state index in [1.54, 1.807) is 37.3 Å². The Balaban J connectivity index is 2.06. The highest BCUT2D eigenvalue weighted by Crippen LogP contribution is 2.28. The van der Waals surface area contributed by atoms with Crippen LogP contribution in [-0.2, 0) is 4.79 Å². The summed E-state index contributed by atoms with van der Waals surface area (Å²) in [6.07, 6.45) is 6.15. The highest BCUT2D eigenvalue weighted by molar-refractivity contribution is 5.92. The molecule has 0 aliphatic carbocycles. The predicted molar refractivity (Wildman–Crippen MR) is 95.5 cm³/mol. The van der Waals surface area contributed by atoms with Gasteiger partial charge in [0.25, 0.3) is 0 Å². The van der Waals surface area contributed by atoms with Gasteiger partial charge in [0.15, 0.2) is 11.5 Å². The average Bonchev–Trinajstić information content (AvgIpc) is 2.64. The fourth-order valence-corrected chi connectivity index (χ4v) is 2.94. The van der Waals surface area contributed by atoms with Crippen LogP contribution in [0.2, 0.25) is 0 Å². The molecule has 1 unspecified atom stereocenters. The Labute approximate surface area is 147 Å². The Morgan fingerprint density at radius 3 is 2.72 bits per heavy atom. The van der Waals surface area contributed by atoms with Gasteiger partial charge >= 0.3 is 6.03 Å². The molecule has 3 N–H and O–H groups in total. The molecule has 1 aliphatic heterocycles. The fraction of sp³-hybridized carbons (Fsp3) is 0.444. The van der Waals surface area contributed by atoms with Crippen molar-refractivity contribution >= 4 is 18.0 Å². The van der Waals surface area contributed by atoms with E-state index in [0.717, 1.165) is 24.8 Å². The molecule has 7 nitrogen and oxygen atoms in total. The van der Waals surface area contributed by atoms with Crippen molar-refractivity contribution in [1.29, 1.82) is 0 Å². The molecule has 2 rings (SSSR count). The number of nitrogens with two attached hydrogens (primary N) is 1. The van der Waals surface area contributed by atoms with Crippen LogP contribution in [0.4, 0.5) is 4.79 Å². The molecular formula is C18H25N3O4. The maximum Gasteiger partial charge on any atom is 0.312 e. The lowest BCUT2D eigenvalue weighted by molar-refractivity contribution is -0.129.